The van der Waals surface area contributed by atoms with Crippen LogP contribution in [0.2, 0.25) is 0 Å². The van der Waals surface area contributed by atoms with E-state index < -0.39 is 0 Å². The summed E-state index contributed by atoms with van der Waals surface area (Å²) < 4.78 is 0. The fraction of sp³-hybridized carbons (Fsp3) is 1.00. The SMILES string of the molecule is CCC(C)NC1(CO)CCCCCC1. The van der Waals surface area contributed by atoms with Crippen molar-refractivity contribution in [2.45, 2.75) is 70.4 Å². The molecule has 0 saturated heterocycles. The van der Waals surface area contributed by atoms with Gasteiger partial charge in [-0.3, -0.25) is 0 Å². The van der Waals surface area contributed by atoms with Crippen molar-refractivity contribution in [1.82, 2.24) is 5.32 Å². The Morgan fingerprint density at radius 1 is 1.21 bits per heavy atom. The molecular weight excluding hydrogens is 174 g/mol. The highest BCUT2D eigenvalue weighted by Crippen LogP contribution is 2.27. The molecule has 14 heavy (non-hydrogen) atoms. The predicted molar refractivity (Wildman–Crippen MR) is 60.4 cm³/mol. The van der Waals surface area contributed by atoms with E-state index in [9.17, 15) is 5.11 Å². The van der Waals surface area contributed by atoms with Crippen LogP contribution in [0.5, 0.6) is 0 Å². The van der Waals surface area contributed by atoms with Gasteiger partial charge in [-0.15, -0.1) is 0 Å². The Kier molecular flexibility index (Phi) is 4.90. The zero-order valence-corrected chi connectivity index (χ0v) is 9.68. The Balaban J connectivity index is 2.53. The van der Waals surface area contributed by atoms with Crippen LogP contribution < -0.4 is 5.32 Å². The fourth-order valence-corrected chi connectivity index (χ4v) is 2.38. The lowest BCUT2D eigenvalue weighted by Crippen LogP contribution is -2.51. The summed E-state index contributed by atoms with van der Waals surface area (Å²) in [5.74, 6) is 0. The second-order valence-electron chi connectivity index (χ2n) is 4.81. The van der Waals surface area contributed by atoms with Crippen molar-refractivity contribution >= 4 is 0 Å². The van der Waals surface area contributed by atoms with E-state index in [1.165, 1.54) is 25.7 Å². The Hall–Kier alpha value is -0.0800. The number of hydrogen-bond donors (Lipinski definition) is 2. The van der Waals surface area contributed by atoms with Crippen LogP contribution in [-0.4, -0.2) is 23.3 Å². The van der Waals surface area contributed by atoms with Crippen LogP contribution >= 0.6 is 0 Å². The van der Waals surface area contributed by atoms with Gasteiger partial charge in [0, 0.05) is 11.6 Å². The van der Waals surface area contributed by atoms with Gasteiger partial charge >= 0.3 is 0 Å². The smallest absolute Gasteiger partial charge is 0.0613 e. The molecule has 84 valence electrons. The molecule has 0 aromatic rings. The molecule has 0 aromatic heterocycles. The summed E-state index contributed by atoms with van der Waals surface area (Å²) in [5, 5.41) is 13.2. The van der Waals surface area contributed by atoms with Crippen molar-refractivity contribution in [1.29, 1.82) is 0 Å². The minimum Gasteiger partial charge on any atom is -0.394 e. The highest BCUT2D eigenvalue weighted by Gasteiger charge is 2.30. The van der Waals surface area contributed by atoms with Crippen molar-refractivity contribution in [3.8, 4) is 0 Å². The van der Waals surface area contributed by atoms with E-state index in [1.807, 2.05) is 0 Å². The molecule has 0 aromatic carbocycles. The minimum atomic E-state index is 0.0337. The summed E-state index contributed by atoms with van der Waals surface area (Å²) in [6.45, 7) is 4.71. The quantitative estimate of drug-likeness (QED) is 0.682. The predicted octanol–water partition coefficient (Wildman–Crippen LogP) is 2.46. The first-order valence-electron chi connectivity index (χ1n) is 6.11. The van der Waals surface area contributed by atoms with Crippen LogP contribution in [0.1, 0.15) is 58.8 Å². The second-order valence-corrected chi connectivity index (χ2v) is 4.81. The molecule has 1 aliphatic rings. The zero-order valence-electron chi connectivity index (χ0n) is 9.68. The lowest BCUT2D eigenvalue weighted by atomic mass is 9.90. The Bertz CT molecular complexity index is 150. The van der Waals surface area contributed by atoms with Crippen LogP contribution in [0.25, 0.3) is 0 Å². The van der Waals surface area contributed by atoms with E-state index >= 15 is 0 Å². The molecule has 2 heteroatoms. The van der Waals surface area contributed by atoms with Crippen LogP contribution in [0.4, 0.5) is 0 Å². The normalized spacial score (nSPS) is 24.2. The first kappa shape index (κ1) is 12.0. The number of rotatable bonds is 4. The van der Waals surface area contributed by atoms with Crippen molar-refractivity contribution in [2.24, 2.45) is 0 Å². The van der Waals surface area contributed by atoms with Gasteiger partial charge < -0.3 is 10.4 Å². The van der Waals surface area contributed by atoms with Gasteiger partial charge in [0.25, 0.3) is 0 Å². The largest absolute Gasteiger partial charge is 0.394 e. The number of nitrogens with one attached hydrogen (secondary N) is 1. The van der Waals surface area contributed by atoms with E-state index in [-0.39, 0.29) is 5.54 Å². The van der Waals surface area contributed by atoms with E-state index in [4.69, 9.17) is 0 Å². The third-order valence-corrected chi connectivity index (χ3v) is 3.53. The third kappa shape index (κ3) is 3.25. The Labute approximate surface area is 88.1 Å². The Morgan fingerprint density at radius 3 is 2.21 bits per heavy atom. The molecular formula is C12H25NO. The maximum atomic E-state index is 9.55. The molecule has 2 N–H and O–H groups in total. The summed E-state index contributed by atoms with van der Waals surface area (Å²) in [7, 11) is 0. The molecule has 0 spiro atoms. The minimum absolute atomic E-state index is 0.0337. The van der Waals surface area contributed by atoms with Crippen molar-refractivity contribution in [2.75, 3.05) is 6.61 Å². The average molecular weight is 199 g/mol. The molecule has 1 rings (SSSR count). The molecule has 0 radical (unpaired) electrons. The van der Waals surface area contributed by atoms with Gasteiger partial charge in [-0.1, -0.05) is 32.6 Å². The summed E-state index contributed by atoms with van der Waals surface area (Å²) >= 11 is 0. The Morgan fingerprint density at radius 2 is 1.79 bits per heavy atom. The van der Waals surface area contributed by atoms with Gasteiger partial charge in [0.05, 0.1) is 6.61 Å². The van der Waals surface area contributed by atoms with E-state index in [0.717, 1.165) is 19.3 Å². The third-order valence-electron chi connectivity index (χ3n) is 3.53. The van der Waals surface area contributed by atoms with Gasteiger partial charge in [-0.2, -0.15) is 0 Å². The molecule has 1 fully saturated rings. The van der Waals surface area contributed by atoms with Crippen molar-refractivity contribution in [3.05, 3.63) is 0 Å². The highest BCUT2D eigenvalue weighted by atomic mass is 16.3. The van der Waals surface area contributed by atoms with Gasteiger partial charge in [-0.25, -0.2) is 0 Å². The number of aliphatic hydroxyl groups excluding tert-OH is 1. The van der Waals surface area contributed by atoms with Gasteiger partial charge in [0.1, 0.15) is 0 Å². The number of hydrogen-bond acceptors (Lipinski definition) is 2. The standard InChI is InChI=1S/C12H25NO/c1-3-11(2)13-12(10-14)8-6-4-5-7-9-12/h11,13-14H,3-10H2,1-2H3. The van der Waals surface area contributed by atoms with E-state index in [1.54, 1.807) is 0 Å². The molecule has 1 unspecified atom stereocenters. The van der Waals surface area contributed by atoms with Gasteiger partial charge in [-0.05, 0) is 26.2 Å². The van der Waals surface area contributed by atoms with Crippen molar-refractivity contribution in [3.63, 3.8) is 0 Å². The lowest BCUT2D eigenvalue weighted by Gasteiger charge is -2.35. The first-order chi connectivity index (χ1) is 6.72. The summed E-state index contributed by atoms with van der Waals surface area (Å²) in [5.41, 5.74) is 0.0337. The summed E-state index contributed by atoms with van der Waals surface area (Å²) in [6.07, 6.45) is 8.64. The van der Waals surface area contributed by atoms with E-state index in [2.05, 4.69) is 19.2 Å². The second kappa shape index (κ2) is 5.72. The van der Waals surface area contributed by atoms with E-state index in [0.29, 0.717) is 12.6 Å². The maximum Gasteiger partial charge on any atom is 0.0613 e. The lowest BCUT2D eigenvalue weighted by molar-refractivity contribution is 0.132. The molecule has 2 nitrogen and oxygen atoms in total. The molecule has 1 saturated carbocycles. The zero-order chi connectivity index (χ0) is 10.4. The van der Waals surface area contributed by atoms with Gasteiger partial charge in [0.15, 0.2) is 0 Å². The monoisotopic (exact) mass is 199 g/mol. The summed E-state index contributed by atoms with van der Waals surface area (Å²) in [6, 6.07) is 0.528. The molecule has 0 heterocycles. The average Bonchev–Trinajstić information content (AvgIpc) is 2.44. The number of aliphatic hydroxyl groups is 1. The highest BCUT2D eigenvalue weighted by molar-refractivity contribution is 4.90. The van der Waals surface area contributed by atoms with Gasteiger partial charge in [0.2, 0.25) is 0 Å². The van der Waals surface area contributed by atoms with Crippen LogP contribution in [0, 0.1) is 0 Å². The van der Waals surface area contributed by atoms with Crippen LogP contribution in [0.3, 0.4) is 0 Å². The fourth-order valence-electron chi connectivity index (χ4n) is 2.38. The topological polar surface area (TPSA) is 32.3 Å². The molecule has 0 aliphatic heterocycles. The van der Waals surface area contributed by atoms with Crippen LogP contribution in [0.15, 0.2) is 0 Å². The first-order valence-corrected chi connectivity index (χ1v) is 6.11. The van der Waals surface area contributed by atoms with Crippen LogP contribution in [-0.2, 0) is 0 Å². The molecule has 1 atom stereocenters. The molecule has 0 amide bonds. The summed E-state index contributed by atoms with van der Waals surface area (Å²) in [4.78, 5) is 0. The molecule has 0 bridgehead atoms. The molecule has 1 aliphatic carbocycles. The maximum absolute atomic E-state index is 9.55. The van der Waals surface area contributed by atoms with Crippen molar-refractivity contribution < 1.29 is 5.11 Å².